The van der Waals surface area contributed by atoms with E-state index in [0.717, 1.165) is 50.7 Å². The van der Waals surface area contributed by atoms with Gasteiger partial charge in [-0.05, 0) is 47.5 Å². The first-order valence-corrected chi connectivity index (χ1v) is 9.41. The maximum absolute atomic E-state index is 5.32. The third-order valence-electron chi connectivity index (χ3n) is 5.06. The minimum Gasteiger partial charge on any atom is -0.497 e. The second-order valence-electron chi connectivity index (χ2n) is 7.46. The molecule has 0 spiro atoms. The van der Waals surface area contributed by atoms with Crippen molar-refractivity contribution in [1.82, 2.24) is 30.0 Å². The van der Waals surface area contributed by atoms with E-state index in [1.54, 1.807) is 7.11 Å². The SMILES string of the molecule is COc1ccc(C(c2nnnn2CCC(C)C)N2CCN(C)CC2)cc1.Cl. The Labute approximate surface area is 168 Å². The number of benzene rings is 1. The van der Waals surface area contributed by atoms with Crippen molar-refractivity contribution in [3.63, 3.8) is 0 Å². The summed E-state index contributed by atoms with van der Waals surface area (Å²) < 4.78 is 7.30. The molecule has 1 aromatic carbocycles. The summed E-state index contributed by atoms with van der Waals surface area (Å²) in [7, 11) is 3.87. The van der Waals surface area contributed by atoms with Gasteiger partial charge in [0.2, 0.25) is 0 Å². The number of methoxy groups -OCH3 is 1. The van der Waals surface area contributed by atoms with E-state index in [1.165, 1.54) is 5.56 Å². The number of rotatable bonds is 7. The van der Waals surface area contributed by atoms with E-state index in [1.807, 2.05) is 16.8 Å². The molecule has 2 heterocycles. The number of aromatic nitrogens is 4. The van der Waals surface area contributed by atoms with Crippen LogP contribution in [0.2, 0.25) is 0 Å². The summed E-state index contributed by atoms with van der Waals surface area (Å²) in [6.45, 7) is 9.42. The van der Waals surface area contributed by atoms with Gasteiger partial charge in [0.15, 0.2) is 5.82 Å². The number of ether oxygens (including phenoxy) is 1. The highest BCUT2D eigenvalue weighted by atomic mass is 35.5. The highest BCUT2D eigenvalue weighted by molar-refractivity contribution is 5.85. The maximum Gasteiger partial charge on any atom is 0.173 e. The van der Waals surface area contributed by atoms with E-state index in [4.69, 9.17) is 4.74 Å². The molecule has 7 nitrogen and oxygen atoms in total. The first kappa shape index (κ1) is 21.6. The quantitative estimate of drug-likeness (QED) is 0.719. The Hall–Kier alpha value is -1.70. The first-order chi connectivity index (χ1) is 12.6. The lowest BCUT2D eigenvalue weighted by Crippen LogP contribution is -2.46. The van der Waals surface area contributed by atoms with Crippen LogP contribution < -0.4 is 4.74 Å². The molecule has 1 unspecified atom stereocenters. The molecule has 0 saturated carbocycles. The summed E-state index contributed by atoms with van der Waals surface area (Å²) in [5.41, 5.74) is 1.20. The van der Waals surface area contributed by atoms with Crippen molar-refractivity contribution in [3.05, 3.63) is 35.7 Å². The van der Waals surface area contributed by atoms with Gasteiger partial charge in [-0.3, -0.25) is 4.90 Å². The zero-order valence-corrected chi connectivity index (χ0v) is 17.5. The highest BCUT2D eigenvalue weighted by Crippen LogP contribution is 2.29. The Bertz CT molecular complexity index is 682. The van der Waals surface area contributed by atoms with Gasteiger partial charge in [0.1, 0.15) is 5.75 Å². The molecule has 1 aliphatic rings. The summed E-state index contributed by atoms with van der Waals surface area (Å²) in [6, 6.07) is 8.35. The van der Waals surface area contributed by atoms with Crippen molar-refractivity contribution >= 4 is 12.4 Å². The normalized spacial score (nSPS) is 16.9. The summed E-state index contributed by atoms with van der Waals surface area (Å²) in [4.78, 5) is 4.85. The number of hydrogen-bond acceptors (Lipinski definition) is 6. The molecule has 1 fully saturated rings. The van der Waals surface area contributed by atoms with E-state index in [9.17, 15) is 0 Å². The standard InChI is InChI=1S/C19H30N6O.ClH/c1-15(2)9-10-25-19(20-21-22-25)18(24-13-11-23(3)12-14-24)16-5-7-17(26-4)8-6-16;/h5-8,15,18H,9-14H2,1-4H3;1H. The lowest BCUT2D eigenvalue weighted by Gasteiger charge is -2.37. The van der Waals surface area contributed by atoms with Gasteiger partial charge in [0.05, 0.1) is 13.2 Å². The fraction of sp³-hybridized carbons (Fsp3) is 0.632. The van der Waals surface area contributed by atoms with Crippen LogP contribution >= 0.6 is 12.4 Å². The van der Waals surface area contributed by atoms with Crippen LogP contribution in [-0.4, -0.2) is 70.3 Å². The number of likely N-dealkylation sites (N-methyl/N-ethyl adjacent to an activating group) is 1. The fourth-order valence-electron chi connectivity index (χ4n) is 3.34. The predicted molar refractivity (Wildman–Crippen MR) is 108 cm³/mol. The largest absolute Gasteiger partial charge is 0.497 e. The Morgan fingerprint density at radius 3 is 2.33 bits per heavy atom. The van der Waals surface area contributed by atoms with Gasteiger partial charge in [-0.1, -0.05) is 26.0 Å². The fourth-order valence-corrected chi connectivity index (χ4v) is 3.34. The molecule has 1 atom stereocenters. The molecule has 1 saturated heterocycles. The average molecular weight is 395 g/mol. The maximum atomic E-state index is 5.32. The number of tetrazole rings is 1. The van der Waals surface area contributed by atoms with Gasteiger partial charge in [0, 0.05) is 32.7 Å². The average Bonchev–Trinajstić information content (AvgIpc) is 3.10. The molecule has 8 heteroatoms. The van der Waals surface area contributed by atoms with E-state index >= 15 is 0 Å². The zero-order valence-electron chi connectivity index (χ0n) is 16.7. The lowest BCUT2D eigenvalue weighted by atomic mass is 10.0. The Balaban J connectivity index is 0.00000261. The monoisotopic (exact) mass is 394 g/mol. The molecule has 1 aromatic heterocycles. The van der Waals surface area contributed by atoms with Crippen molar-refractivity contribution in [1.29, 1.82) is 0 Å². The topological polar surface area (TPSA) is 59.3 Å². The Morgan fingerprint density at radius 1 is 1.07 bits per heavy atom. The van der Waals surface area contributed by atoms with Gasteiger partial charge in [-0.2, -0.15) is 0 Å². The second-order valence-corrected chi connectivity index (χ2v) is 7.46. The molecular weight excluding hydrogens is 364 g/mol. The summed E-state index contributed by atoms with van der Waals surface area (Å²) >= 11 is 0. The molecular formula is C19H31ClN6O. The summed E-state index contributed by atoms with van der Waals surface area (Å²) in [6.07, 6.45) is 1.07. The number of nitrogens with zero attached hydrogens (tertiary/aromatic N) is 6. The van der Waals surface area contributed by atoms with E-state index in [-0.39, 0.29) is 18.4 Å². The second kappa shape index (κ2) is 10.0. The third-order valence-corrected chi connectivity index (χ3v) is 5.06. The minimum atomic E-state index is 0. The van der Waals surface area contributed by atoms with Gasteiger partial charge >= 0.3 is 0 Å². The zero-order chi connectivity index (χ0) is 18.5. The van der Waals surface area contributed by atoms with Crippen LogP contribution in [0.1, 0.15) is 37.7 Å². The van der Waals surface area contributed by atoms with Crippen molar-refractivity contribution in [3.8, 4) is 5.75 Å². The van der Waals surface area contributed by atoms with Crippen molar-refractivity contribution < 1.29 is 4.74 Å². The molecule has 0 amide bonds. The molecule has 0 aliphatic carbocycles. The third kappa shape index (κ3) is 5.40. The number of aryl methyl sites for hydroxylation is 1. The van der Waals surface area contributed by atoms with E-state index in [0.29, 0.717) is 5.92 Å². The number of hydrogen-bond donors (Lipinski definition) is 0. The van der Waals surface area contributed by atoms with Crippen LogP contribution in [0.15, 0.2) is 24.3 Å². The van der Waals surface area contributed by atoms with Crippen molar-refractivity contribution in [2.24, 2.45) is 5.92 Å². The predicted octanol–water partition coefficient (Wildman–Crippen LogP) is 2.49. The van der Waals surface area contributed by atoms with Gasteiger partial charge in [0.25, 0.3) is 0 Å². The van der Waals surface area contributed by atoms with E-state index < -0.39 is 0 Å². The summed E-state index contributed by atoms with van der Waals surface area (Å²) in [5.74, 6) is 2.42. The molecule has 0 radical (unpaired) electrons. The molecule has 0 bridgehead atoms. The molecule has 0 N–H and O–H groups in total. The minimum absolute atomic E-state index is 0. The van der Waals surface area contributed by atoms with Gasteiger partial charge < -0.3 is 9.64 Å². The van der Waals surface area contributed by atoms with Crippen molar-refractivity contribution in [2.75, 3.05) is 40.3 Å². The van der Waals surface area contributed by atoms with Crippen molar-refractivity contribution in [2.45, 2.75) is 32.9 Å². The van der Waals surface area contributed by atoms with Gasteiger partial charge in [-0.15, -0.1) is 17.5 Å². The van der Waals surface area contributed by atoms with Crippen LogP contribution in [0, 0.1) is 5.92 Å². The van der Waals surface area contributed by atoms with Gasteiger partial charge in [-0.25, -0.2) is 4.68 Å². The lowest BCUT2D eigenvalue weighted by molar-refractivity contribution is 0.121. The molecule has 2 aromatic rings. The number of halogens is 1. The number of piperazine rings is 1. The van der Waals surface area contributed by atoms with E-state index in [2.05, 4.69) is 58.4 Å². The summed E-state index contributed by atoms with van der Waals surface area (Å²) in [5, 5.41) is 12.7. The molecule has 150 valence electrons. The van der Waals surface area contributed by atoms with Crippen LogP contribution in [-0.2, 0) is 6.54 Å². The Kier molecular flexibility index (Phi) is 8.01. The van der Waals surface area contributed by atoms with Crippen LogP contribution in [0.4, 0.5) is 0 Å². The highest BCUT2D eigenvalue weighted by Gasteiger charge is 2.29. The van der Waals surface area contributed by atoms with Crippen LogP contribution in [0.25, 0.3) is 0 Å². The smallest absolute Gasteiger partial charge is 0.173 e. The first-order valence-electron chi connectivity index (χ1n) is 9.41. The van der Waals surface area contributed by atoms with Crippen LogP contribution in [0.5, 0.6) is 5.75 Å². The van der Waals surface area contributed by atoms with Crippen LogP contribution in [0.3, 0.4) is 0 Å². The molecule has 27 heavy (non-hydrogen) atoms. The molecule has 3 rings (SSSR count). The Morgan fingerprint density at radius 2 is 1.74 bits per heavy atom. The molecule has 1 aliphatic heterocycles.